The van der Waals surface area contributed by atoms with Crippen molar-refractivity contribution < 1.29 is 9.32 Å². The summed E-state index contributed by atoms with van der Waals surface area (Å²) >= 11 is 1.56. The first-order valence-corrected chi connectivity index (χ1v) is 10.4. The Hall–Kier alpha value is -3.25. The summed E-state index contributed by atoms with van der Waals surface area (Å²) in [4.78, 5) is 20.2. The Balaban J connectivity index is 1.43. The summed E-state index contributed by atoms with van der Waals surface area (Å²) in [5, 5.41) is 5.99. The minimum absolute atomic E-state index is 0.0635. The smallest absolute Gasteiger partial charge is 0.227 e. The van der Waals surface area contributed by atoms with E-state index in [1.165, 1.54) is 0 Å². The molecule has 0 radical (unpaired) electrons. The third-order valence-electron chi connectivity index (χ3n) is 4.55. The van der Waals surface area contributed by atoms with Crippen molar-refractivity contribution in [2.45, 2.75) is 25.9 Å². The number of thiophene rings is 1. The largest absolute Gasteiger partial charge is 0.339 e. The molecule has 29 heavy (non-hydrogen) atoms. The highest BCUT2D eigenvalue weighted by Crippen LogP contribution is 2.21. The number of rotatable bonds is 8. The molecule has 0 aliphatic carbocycles. The number of hydrogen-bond acceptors (Lipinski definition) is 5. The molecular weight excluding hydrogens is 382 g/mol. The van der Waals surface area contributed by atoms with E-state index in [1.807, 2.05) is 83.1 Å². The molecule has 0 atom stereocenters. The lowest BCUT2D eigenvalue weighted by atomic mass is 10.1. The van der Waals surface area contributed by atoms with E-state index < -0.39 is 0 Å². The van der Waals surface area contributed by atoms with E-state index in [2.05, 4.69) is 10.1 Å². The third-order valence-corrected chi connectivity index (χ3v) is 5.41. The Morgan fingerprint density at radius 2 is 1.55 bits per heavy atom. The SMILES string of the molecule is O=C(CCc1nc(-c2cccs2)no1)N(Cc1ccccc1)Cc1ccccc1. The molecule has 5 nitrogen and oxygen atoms in total. The van der Waals surface area contributed by atoms with E-state index in [4.69, 9.17) is 4.52 Å². The molecular formula is C23H21N3O2S. The summed E-state index contributed by atoms with van der Waals surface area (Å²) in [6, 6.07) is 24.0. The maximum Gasteiger partial charge on any atom is 0.227 e. The van der Waals surface area contributed by atoms with Crippen LogP contribution in [0.15, 0.2) is 82.7 Å². The molecule has 4 aromatic rings. The molecule has 6 heteroatoms. The summed E-state index contributed by atoms with van der Waals surface area (Å²) in [6.07, 6.45) is 0.753. The van der Waals surface area contributed by atoms with Gasteiger partial charge >= 0.3 is 0 Å². The minimum Gasteiger partial charge on any atom is -0.339 e. The molecule has 2 aromatic heterocycles. The molecule has 0 aliphatic rings. The lowest BCUT2D eigenvalue weighted by Crippen LogP contribution is -2.30. The standard InChI is InChI=1S/C23H21N3O2S/c27-22(14-13-21-24-23(25-28-21)20-12-7-15-29-20)26(16-18-8-3-1-4-9-18)17-19-10-5-2-6-11-19/h1-12,15H,13-14,16-17H2. The van der Waals surface area contributed by atoms with Gasteiger partial charge in [-0.3, -0.25) is 4.79 Å². The molecule has 2 aromatic carbocycles. The fourth-order valence-electron chi connectivity index (χ4n) is 3.07. The Morgan fingerprint density at radius 1 is 0.897 bits per heavy atom. The van der Waals surface area contributed by atoms with Crippen molar-refractivity contribution in [3.63, 3.8) is 0 Å². The van der Waals surface area contributed by atoms with Crippen LogP contribution in [0, 0.1) is 0 Å². The van der Waals surface area contributed by atoms with Gasteiger partial charge in [0.15, 0.2) is 0 Å². The van der Waals surface area contributed by atoms with Gasteiger partial charge in [-0.25, -0.2) is 0 Å². The number of aromatic nitrogens is 2. The third kappa shape index (κ3) is 5.18. The van der Waals surface area contributed by atoms with Crippen LogP contribution in [-0.4, -0.2) is 20.9 Å². The average molecular weight is 404 g/mol. The molecule has 146 valence electrons. The van der Waals surface area contributed by atoms with Gasteiger partial charge in [0.25, 0.3) is 0 Å². The molecule has 0 fully saturated rings. The van der Waals surface area contributed by atoms with Crippen LogP contribution >= 0.6 is 11.3 Å². The highest BCUT2D eigenvalue weighted by molar-refractivity contribution is 7.13. The van der Waals surface area contributed by atoms with Gasteiger partial charge < -0.3 is 9.42 Å². The highest BCUT2D eigenvalue weighted by Gasteiger charge is 2.17. The molecule has 0 spiro atoms. The summed E-state index contributed by atoms with van der Waals surface area (Å²) in [5.74, 6) is 1.13. The van der Waals surface area contributed by atoms with E-state index in [0.29, 0.717) is 37.6 Å². The van der Waals surface area contributed by atoms with Crippen molar-refractivity contribution >= 4 is 17.2 Å². The van der Waals surface area contributed by atoms with Crippen LogP contribution in [0.25, 0.3) is 10.7 Å². The molecule has 0 bridgehead atoms. The van der Waals surface area contributed by atoms with Gasteiger partial charge in [-0.15, -0.1) is 11.3 Å². The van der Waals surface area contributed by atoms with Crippen molar-refractivity contribution in [2.75, 3.05) is 0 Å². The number of hydrogen-bond donors (Lipinski definition) is 0. The van der Waals surface area contributed by atoms with Crippen molar-refractivity contribution in [3.05, 3.63) is 95.2 Å². The first kappa shape index (κ1) is 19.1. The zero-order valence-electron chi connectivity index (χ0n) is 15.9. The summed E-state index contributed by atoms with van der Waals surface area (Å²) in [7, 11) is 0. The molecule has 0 aliphatic heterocycles. The fraction of sp³-hybridized carbons (Fsp3) is 0.174. The molecule has 0 unspecified atom stereocenters. The van der Waals surface area contributed by atoms with Crippen LogP contribution in [0.2, 0.25) is 0 Å². The Labute approximate surface area is 173 Å². The second-order valence-electron chi connectivity index (χ2n) is 6.71. The average Bonchev–Trinajstić information content (AvgIpc) is 3.45. The van der Waals surface area contributed by atoms with Crippen LogP contribution in [0.1, 0.15) is 23.4 Å². The van der Waals surface area contributed by atoms with Crippen LogP contribution < -0.4 is 0 Å². The molecule has 2 heterocycles. The van der Waals surface area contributed by atoms with Gasteiger partial charge in [0.1, 0.15) is 0 Å². The van der Waals surface area contributed by atoms with E-state index in [9.17, 15) is 4.79 Å². The Bertz CT molecular complexity index is 989. The van der Waals surface area contributed by atoms with Crippen LogP contribution in [0.3, 0.4) is 0 Å². The Kier molecular flexibility index (Phi) is 6.12. The number of benzene rings is 2. The number of aryl methyl sites for hydroxylation is 1. The first-order chi connectivity index (χ1) is 14.3. The molecule has 0 saturated carbocycles. The Morgan fingerprint density at radius 3 is 2.14 bits per heavy atom. The topological polar surface area (TPSA) is 59.2 Å². The molecule has 1 amide bonds. The number of nitrogens with zero attached hydrogens (tertiary/aromatic N) is 3. The van der Waals surface area contributed by atoms with Crippen molar-refractivity contribution in [2.24, 2.45) is 0 Å². The first-order valence-electron chi connectivity index (χ1n) is 9.50. The molecule has 0 saturated heterocycles. The zero-order valence-corrected chi connectivity index (χ0v) is 16.7. The van der Waals surface area contributed by atoms with Gasteiger partial charge in [-0.05, 0) is 22.6 Å². The summed E-state index contributed by atoms with van der Waals surface area (Å²) < 4.78 is 5.33. The molecule has 4 rings (SSSR count). The van der Waals surface area contributed by atoms with Gasteiger partial charge in [0, 0.05) is 25.9 Å². The van der Waals surface area contributed by atoms with E-state index in [1.54, 1.807) is 11.3 Å². The van der Waals surface area contributed by atoms with Gasteiger partial charge in [-0.1, -0.05) is 71.9 Å². The van der Waals surface area contributed by atoms with E-state index >= 15 is 0 Å². The minimum atomic E-state index is 0.0635. The van der Waals surface area contributed by atoms with Gasteiger partial charge in [-0.2, -0.15) is 4.98 Å². The lowest BCUT2D eigenvalue weighted by molar-refractivity contribution is -0.132. The molecule has 0 N–H and O–H groups in total. The zero-order chi connectivity index (χ0) is 19.9. The number of carbonyl (C=O) groups excluding carboxylic acids is 1. The van der Waals surface area contributed by atoms with Crippen molar-refractivity contribution in [3.8, 4) is 10.7 Å². The number of carbonyl (C=O) groups is 1. The van der Waals surface area contributed by atoms with E-state index in [-0.39, 0.29) is 5.91 Å². The van der Waals surface area contributed by atoms with Crippen LogP contribution in [-0.2, 0) is 24.3 Å². The summed E-state index contributed by atoms with van der Waals surface area (Å²) in [5.41, 5.74) is 2.21. The second kappa shape index (κ2) is 9.30. The predicted octanol–water partition coefficient (Wildman–Crippen LogP) is 4.96. The summed E-state index contributed by atoms with van der Waals surface area (Å²) in [6.45, 7) is 1.14. The second-order valence-corrected chi connectivity index (χ2v) is 7.66. The quantitative estimate of drug-likeness (QED) is 0.417. The van der Waals surface area contributed by atoms with Gasteiger partial charge in [0.2, 0.25) is 17.6 Å². The van der Waals surface area contributed by atoms with Crippen LogP contribution in [0.4, 0.5) is 0 Å². The fourth-order valence-corrected chi connectivity index (χ4v) is 3.72. The highest BCUT2D eigenvalue weighted by atomic mass is 32.1. The van der Waals surface area contributed by atoms with Crippen LogP contribution in [0.5, 0.6) is 0 Å². The number of amides is 1. The monoisotopic (exact) mass is 403 g/mol. The van der Waals surface area contributed by atoms with Crippen molar-refractivity contribution in [1.29, 1.82) is 0 Å². The van der Waals surface area contributed by atoms with Crippen molar-refractivity contribution in [1.82, 2.24) is 15.0 Å². The maximum atomic E-state index is 13.0. The predicted molar refractivity (Wildman–Crippen MR) is 113 cm³/mol. The van der Waals surface area contributed by atoms with Gasteiger partial charge in [0.05, 0.1) is 4.88 Å². The van der Waals surface area contributed by atoms with E-state index in [0.717, 1.165) is 16.0 Å². The maximum absolute atomic E-state index is 13.0. The lowest BCUT2D eigenvalue weighted by Gasteiger charge is -2.23. The normalized spacial score (nSPS) is 10.8.